The lowest BCUT2D eigenvalue weighted by Gasteiger charge is -2.43. The molecule has 0 atom stereocenters. The van der Waals surface area contributed by atoms with Gasteiger partial charge in [-0.3, -0.25) is 4.79 Å². The number of benzene rings is 2. The predicted molar refractivity (Wildman–Crippen MR) is 128 cm³/mol. The zero-order valence-corrected chi connectivity index (χ0v) is 19.7. The van der Waals surface area contributed by atoms with E-state index in [1.807, 2.05) is 36.4 Å². The molecular formula is C25H37N4O2+. The number of hydrogen-bond donors (Lipinski definition) is 0. The Hall–Kier alpha value is -2.73. The first-order valence-electron chi connectivity index (χ1n) is 11.1. The molecule has 0 spiro atoms. The van der Waals surface area contributed by atoms with Crippen LogP contribution in [0.3, 0.4) is 0 Å². The van der Waals surface area contributed by atoms with Crippen molar-refractivity contribution in [1.82, 2.24) is 4.90 Å². The molecule has 1 heterocycles. The summed E-state index contributed by atoms with van der Waals surface area (Å²) in [4.78, 5) is 18.8. The molecule has 168 valence electrons. The van der Waals surface area contributed by atoms with E-state index >= 15 is 0 Å². The maximum absolute atomic E-state index is 12.5. The summed E-state index contributed by atoms with van der Waals surface area (Å²) in [6, 6.07) is 16.2. The fraction of sp³-hybridized carbons (Fsp3) is 0.480. The Kier molecular flexibility index (Phi) is 7.44. The fourth-order valence-corrected chi connectivity index (χ4v) is 4.34. The number of rotatable bonds is 8. The van der Waals surface area contributed by atoms with Gasteiger partial charge in [-0.15, -0.1) is 0 Å². The quantitative estimate of drug-likeness (QED) is 0.609. The van der Waals surface area contributed by atoms with Crippen LogP contribution < -0.4 is 14.5 Å². The van der Waals surface area contributed by atoms with Gasteiger partial charge in [0.05, 0.1) is 58.1 Å². The molecular weight excluding hydrogens is 388 g/mol. The van der Waals surface area contributed by atoms with Crippen LogP contribution in [0.1, 0.15) is 16.8 Å². The maximum Gasteiger partial charge on any atom is 0.255 e. The number of nitrogens with zero attached hydrogens (tertiary/aromatic N) is 4. The Labute approximate surface area is 187 Å². The highest BCUT2D eigenvalue weighted by molar-refractivity contribution is 5.99. The van der Waals surface area contributed by atoms with Crippen molar-refractivity contribution >= 4 is 17.3 Å². The predicted octanol–water partition coefficient (Wildman–Crippen LogP) is 3.19. The number of carbonyl (C=O) groups excluding carboxylic acids is 1. The van der Waals surface area contributed by atoms with Gasteiger partial charge < -0.3 is 23.9 Å². The zero-order valence-electron chi connectivity index (χ0n) is 19.7. The van der Waals surface area contributed by atoms with Crippen molar-refractivity contribution in [1.29, 1.82) is 0 Å². The van der Waals surface area contributed by atoms with Crippen molar-refractivity contribution in [2.24, 2.45) is 0 Å². The summed E-state index contributed by atoms with van der Waals surface area (Å²) in [6.45, 7) is 6.38. The molecule has 0 bridgehead atoms. The lowest BCUT2D eigenvalue weighted by atomic mass is 10.1. The number of anilines is 2. The van der Waals surface area contributed by atoms with Gasteiger partial charge in [-0.05, 0) is 24.3 Å². The third-order valence-electron chi connectivity index (χ3n) is 6.39. The van der Waals surface area contributed by atoms with Crippen LogP contribution in [0.5, 0.6) is 5.75 Å². The third kappa shape index (κ3) is 5.50. The Morgan fingerprint density at radius 1 is 1.03 bits per heavy atom. The van der Waals surface area contributed by atoms with Crippen LogP contribution in [0.25, 0.3) is 0 Å². The number of piperazine rings is 1. The van der Waals surface area contributed by atoms with E-state index in [-0.39, 0.29) is 5.91 Å². The van der Waals surface area contributed by atoms with Gasteiger partial charge in [0.15, 0.2) is 0 Å². The van der Waals surface area contributed by atoms with E-state index in [1.165, 1.54) is 5.69 Å². The number of carbonyl (C=O) groups is 1. The number of amides is 1. The van der Waals surface area contributed by atoms with Crippen LogP contribution in [0.4, 0.5) is 11.4 Å². The molecule has 1 amide bonds. The summed E-state index contributed by atoms with van der Waals surface area (Å²) in [5.41, 5.74) is 2.96. The molecule has 2 aromatic carbocycles. The first-order chi connectivity index (χ1) is 14.8. The van der Waals surface area contributed by atoms with E-state index < -0.39 is 0 Å². The van der Waals surface area contributed by atoms with Crippen molar-refractivity contribution in [3.8, 4) is 5.75 Å². The molecule has 0 N–H and O–H groups in total. The second kappa shape index (κ2) is 10.1. The molecule has 2 aromatic rings. The lowest BCUT2D eigenvalue weighted by molar-refractivity contribution is -0.910. The first kappa shape index (κ1) is 22.9. The molecule has 0 aliphatic carbocycles. The Balaban J connectivity index is 1.54. The van der Waals surface area contributed by atoms with Crippen LogP contribution in [0, 0.1) is 0 Å². The van der Waals surface area contributed by atoms with Crippen LogP contribution in [-0.4, -0.2) is 89.9 Å². The first-order valence-corrected chi connectivity index (χ1v) is 11.1. The van der Waals surface area contributed by atoms with E-state index in [0.29, 0.717) is 0 Å². The van der Waals surface area contributed by atoms with E-state index in [1.54, 1.807) is 26.1 Å². The third-order valence-corrected chi connectivity index (χ3v) is 6.39. The number of likely N-dealkylation sites (N-methyl/N-ethyl adjacent to an activating group) is 1. The smallest absolute Gasteiger partial charge is 0.255 e. The molecule has 1 fully saturated rings. The standard InChI is InChI=1S/C25H37N4O2/c1-26(2)25(30)21-11-6-7-12-22(21)27(3)15-10-18-29(4)19-16-28(17-20-29)23-13-8-9-14-24(23)31-5/h6-9,11-14H,10,15-20H2,1-5H3/q+1. The SMILES string of the molecule is COc1ccccc1N1CC[N+](C)(CCCN(C)c2ccccc2C(=O)N(C)C)CC1. The van der Waals surface area contributed by atoms with Gasteiger partial charge in [0, 0.05) is 39.8 Å². The van der Waals surface area contributed by atoms with Gasteiger partial charge in [0.2, 0.25) is 0 Å². The summed E-state index contributed by atoms with van der Waals surface area (Å²) < 4.78 is 6.63. The summed E-state index contributed by atoms with van der Waals surface area (Å²) in [7, 11) is 9.79. The summed E-state index contributed by atoms with van der Waals surface area (Å²) in [5, 5.41) is 0. The number of para-hydroxylation sites is 3. The van der Waals surface area contributed by atoms with Crippen LogP contribution >= 0.6 is 0 Å². The molecule has 3 rings (SSSR count). The van der Waals surface area contributed by atoms with Crippen molar-refractivity contribution in [3.63, 3.8) is 0 Å². The number of methoxy groups -OCH3 is 1. The molecule has 1 aliphatic rings. The molecule has 1 aliphatic heterocycles. The Bertz CT molecular complexity index is 875. The average molecular weight is 426 g/mol. The van der Waals surface area contributed by atoms with E-state index in [4.69, 9.17) is 4.74 Å². The Morgan fingerprint density at radius 2 is 1.68 bits per heavy atom. The highest BCUT2D eigenvalue weighted by atomic mass is 16.5. The summed E-state index contributed by atoms with van der Waals surface area (Å²) in [6.07, 6.45) is 1.09. The molecule has 0 saturated carbocycles. The van der Waals surface area contributed by atoms with Crippen molar-refractivity contribution < 1.29 is 14.0 Å². The highest BCUT2D eigenvalue weighted by Crippen LogP contribution is 2.29. The van der Waals surface area contributed by atoms with Gasteiger partial charge in [-0.25, -0.2) is 0 Å². The number of ether oxygens (including phenoxy) is 1. The molecule has 0 radical (unpaired) electrons. The molecule has 31 heavy (non-hydrogen) atoms. The minimum absolute atomic E-state index is 0.0499. The lowest BCUT2D eigenvalue weighted by Crippen LogP contribution is -2.58. The minimum atomic E-state index is 0.0499. The molecule has 1 saturated heterocycles. The van der Waals surface area contributed by atoms with Crippen LogP contribution in [0.15, 0.2) is 48.5 Å². The van der Waals surface area contributed by atoms with Gasteiger partial charge in [-0.1, -0.05) is 24.3 Å². The average Bonchev–Trinajstić information content (AvgIpc) is 2.79. The fourth-order valence-electron chi connectivity index (χ4n) is 4.34. The minimum Gasteiger partial charge on any atom is -0.495 e. The van der Waals surface area contributed by atoms with Gasteiger partial charge in [0.25, 0.3) is 5.91 Å². The van der Waals surface area contributed by atoms with E-state index in [2.05, 4.69) is 36.0 Å². The second-order valence-electron chi connectivity index (χ2n) is 8.94. The van der Waals surface area contributed by atoms with Crippen molar-refractivity contribution in [2.45, 2.75) is 6.42 Å². The summed E-state index contributed by atoms with van der Waals surface area (Å²) in [5.74, 6) is 1.00. The normalized spacial score (nSPS) is 15.5. The molecule has 0 unspecified atom stereocenters. The summed E-state index contributed by atoms with van der Waals surface area (Å²) >= 11 is 0. The largest absolute Gasteiger partial charge is 0.495 e. The number of hydrogen-bond acceptors (Lipinski definition) is 4. The molecule has 6 nitrogen and oxygen atoms in total. The highest BCUT2D eigenvalue weighted by Gasteiger charge is 2.29. The van der Waals surface area contributed by atoms with Crippen molar-refractivity contribution in [2.75, 3.05) is 84.4 Å². The second-order valence-corrected chi connectivity index (χ2v) is 8.94. The van der Waals surface area contributed by atoms with Gasteiger partial charge >= 0.3 is 0 Å². The van der Waals surface area contributed by atoms with E-state index in [9.17, 15) is 4.79 Å². The molecule has 0 aromatic heterocycles. The Morgan fingerprint density at radius 3 is 2.35 bits per heavy atom. The van der Waals surface area contributed by atoms with E-state index in [0.717, 1.165) is 67.2 Å². The monoisotopic (exact) mass is 425 g/mol. The van der Waals surface area contributed by atoms with Crippen LogP contribution in [0.2, 0.25) is 0 Å². The zero-order chi connectivity index (χ0) is 22.4. The van der Waals surface area contributed by atoms with Gasteiger partial charge in [-0.2, -0.15) is 0 Å². The maximum atomic E-state index is 12.5. The topological polar surface area (TPSA) is 36.0 Å². The number of quaternary nitrogens is 1. The van der Waals surface area contributed by atoms with Crippen molar-refractivity contribution in [3.05, 3.63) is 54.1 Å². The van der Waals surface area contributed by atoms with Crippen LogP contribution in [-0.2, 0) is 0 Å². The molecule has 6 heteroatoms. The van der Waals surface area contributed by atoms with Gasteiger partial charge in [0.1, 0.15) is 5.75 Å².